The van der Waals surface area contributed by atoms with Crippen LogP contribution in [0, 0.1) is 6.92 Å². The van der Waals surface area contributed by atoms with Crippen LogP contribution < -0.4 is 5.32 Å². The topological polar surface area (TPSA) is 29.1 Å². The van der Waals surface area contributed by atoms with Gasteiger partial charge < -0.3 is 5.32 Å². The standard InChI is InChI=1S/C12H17NOS/c1-3-4-7-13-12(14)11-8-10(15)6-5-9(11)2/h5-6,8,15H,3-4,7H2,1-2H3,(H,13,14). The molecule has 0 saturated heterocycles. The van der Waals surface area contributed by atoms with Crippen molar-refractivity contribution in [2.45, 2.75) is 31.6 Å². The molecule has 0 bridgehead atoms. The average molecular weight is 223 g/mol. The Balaban J connectivity index is 2.68. The highest BCUT2D eigenvalue weighted by atomic mass is 32.1. The fourth-order valence-electron chi connectivity index (χ4n) is 1.33. The van der Waals surface area contributed by atoms with E-state index in [4.69, 9.17) is 0 Å². The van der Waals surface area contributed by atoms with E-state index in [1.165, 1.54) is 0 Å². The van der Waals surface area contributed by atoms with E-state index in [9.17, 15) is 4.79 Å². The first kappa shape index (κ1) is 12.1. The molecule has 0 unspecified atom stereocenters. The van der Waals surface area contributed by atoms with Gasteiger partial charge in [0, 0.05) is 17.0 Å². The van der Waals surface area contributed by atoms with Gasteiger partial charge in [-0.1, -0.05) is 19.4 Å². The number of carbonyl (C=O) groups excluding carboxylic acids is 1. The molecule has 0 aliphatic carbocycles. The molecule has 0 saturated carbocycles. The predicted octanol–water partition coefficient (Wildman–Crippen LogP) is 2.81. The van der Waals surface area contributed by atoms with Crippen LogP contribution in [-0.2, 0) is 0 Å². The van der Waals surface area contributed by atoms with Crippen LogP contribution in [-0.4, -0.2) is 12.5 Å². The van der Waals surface area contributed by atoms with E-state index >= 15 is 0 Å². The number of unbranched alkanes of at least 4 members (excludes halogenated alkanes) is 1. The van der Waals surface area contributed by atoms with Crippen LogP contribution in [0.2, 0.25) is 0 Å². The molecule has 82 valence electrons. The molecule has 3 heteroatoms. The summed E-state index contributed by atoms with van der Waals surface area (Å²) in [6, 6.07) is 5.61. The van der Waals surface area contributed by atoms with Crippen molar-refractivity contribution in [1.29, 1.82) is 0 Å². The highest BCUT2D eigenvalue weighted by Gasteiger charge is 2.07. The molecule has 1 aromatic rings. The van der Waals surface area contributed by atoms with Crippen LogP contribution in [0.5, 0.6) is 0 Å². The van der Waals surface area contributed by atoms with Crippen LogP contribution in [0.1, 0.15) is 35.7 Å². The average Bonchev–Trinajstić information content (AvgIpc) is 2.22. The lowest BCUT2D eigenvalue weighted by atomic mass is 10.1. The fourth-order valence-corrected chi connectivity index (χ4v) is 1.53. The second kappa shape index (κ2) is 5.81. The summed E-state index contributed by atoms with van der Waals surface area (Å²) in [6.07, 6.45) is 2.11. The Hall–Kier alpha value is -0.960. The van der Waals surface area contributed by atoms with E-state index in [1.54, 1.807) is 6.07 Å². The molecule has 1 N–H and O–H groups in total. The molecule has 0 aromatic heterocycles. The number of rotatable bonds is 4. The highest BCUT2D eigenvalue weighted by molar-refractivity contribution is 7.80. The van der Waals surface area contributed by atoms with Gasteiger partial charge in [-0.05, 0) is 31.0 Å². The lowest BCUT2D eigenvalue weighted by Gasteiger charge is -2.07. The van der Waals surface area contributed by atoms with E-state index in [0.717, 1.165) is 35.4 Å². The molecular formula is C12H17NOS. The van der Waals surface area contributed by atoms with Crippen molar-refractivity contribution in [1.82, 2.24) is 5.32 Å². The number of hydrogen-bond donors (Lipinski definition) is 2. The fraction of sp³-hybridized carbons (Fsp3) is 0.417. The van der Waals surface area contributed by atoms with E-state index in [2.05, 4.69) is 24.9 Å². The molecule has 0 aliphatic heterocycles. The number of thiol groups is 1. The Morgan fingerprint density at radius 1 is 1.47 bits per heavy atom. The maximum atomic E-state index is 11.7. The third-order valence-electron chi connectivity index (χ3n) is 2.28. The summed E-state index contributed by atoms with van der Waals surface area (Å²) >= 11 is 4.23. The monoisotopic (exact) mass is 223 g/mol. The summed E-state index contributed by atoms with van der Waals surface area (Å²) < 4.78 is 0. The summed E-state index contributed by atoms with van der Waals surface area (Å²) in [5.41, 5.74) is 1.71. The maximum absolute atomic E-state index is 11.7. The van der Waals surface area contributed by atoms with Crippen LogP contribution in [0.3, 0.4) is 0 Å². The molecule has 0 aliphatic rings. The van der Waals surface area contributed by atoms with Gasteiger partial charge in [-0.2, -0.15) is 0 Å². The van der Waals surface area contributed by atoms with Gasteiger partial charge >= 0.3 is 0 Å². The van der Waals surface area contributed by atoms with E-state index in [1.807, 2.05) is 19.1 Å². The Labute approximate surface area is 96.5 Å². The normalized spacial score (nSPS) is 10.1. The summed E-state index contributed by atoms with van der Waals surface area (Å²) in [4.78, 5) is 12.6. The van der Waals surface area contributed by atoms with Gasteiger partial charge in [0.25, 0.3) is 5.91 Å². The molecular weight excluding hydrogens is 206 g/mol. The molecule has 0 radical (unpaired) electrons. The second-order valence-electron chi connectivity index (χ2n) is 3.61. The number of nitrogens with one attached hydrogen (secondary N) is 1. The molecule has 15 heavy (non-hydrogen) atoms. The predicted molar refractivity (Wildman–Crippen MR) is 65.7 cm³/mol. The number of hydrogen-bond acceptors (Lipinski definition) is 2. The Kier molecular flexibility index (Phi) is 4.69. The molecule has 0 atom stereocenters. The van der Waals surface area contributed by atoms with E-state index in [0.29, 0.717) is 0 Å². The van der Waals surface area contributed by atoms with Crippen LogP contribution >= 0.6 is 12.6 Å². The van der Waals surface area contributed by atoms with Crippen LogP contribution in [0.4, 0.5) is 0 Å². The Morgan fingerprint density at radius 2 is 2.20 bits per heavy atom. The lowest BCUT2D eigenvalue weighted by Crippen LogP contribution is -2.25. The molecule has 1 aromatic carbocycles. The first-order chi connectivity index (χ1) is 7.15. The molecule has 1 amide bonds. The summed E-state index contributed by atoms with van der Waals surface area (Å²) in [6.45, 7) is 4.78. The van der Waals surface area contributed by atoms with Crippen molar-refractivity contribution in [3.8, 4) is 0 Å². The van der Waals surface area contributed by atoms with Gasteiger partial charge in [0.2, 0.25) is 0 Å². The van der Waals surface area contributed by atoms with Gasteiger partial charge in [0.05, 0.1) is 0 Å². The first-order valence-electron chi connectivity index (χ1n) is 5.23. The third kappa shape index (κ3) is 3.59. The van der Waals surface area contributed by atoms with Crippen molar-refractivity contribution in [3.05, 3.63) is 29.3 Å². The lowest BCUT2D eigenvalue weighted by molar-refractivity contribution is 0.0952. The van der Waals surface area contributed by atoms with E-state index in [-0.39, 0.29) is 5.91 Å². The van der Waals surface area contributed by atoms with Gasteiger partial charge in [-0.15, -0.1) is 12.6 Å². The Morgan fingerprint density at radius 3 is 2.87 bits per heavy atom. The first-order valence-corrected chi connectivity index (χ1v) is 5.67. The zero-order valence-electron chi connectivity index (χ0n) is 9.21. The van der Waals surface area contributed by atoms with Crippen LogP contribution in [0.15, 0.2) is 23.1 Å². The van der Waals surface area contributed by atoms with Crippen LogP contribution in [0.25, 0.3) is 0 Å². The number of carbonyl (C=O) groups is 1. The van der Waals surface area contributed by atoms with Crippen molar-refractivity contribution in [3.63, 3.8) is 0 Å². The number of benzene rings is 1. The second-order valence-corrected chi connectivity index (χ2v) is 4.13. The van der Waals surface area contributed by atoms with E-state index < -0.39 is 0 Å². The van der Waals surface area contributed by atoms with Gasteiger partial charge in [0.15, 0.2) is 0 Å². The molecule has 0 heterocycles. The Bertz CT molecular complexity index is 349. The van der Waals surface area contributed by atoms with Gasteiger partial charge in [-0.25, -0.2) is 0 Å². The number of amides is 1. The molecule has 0 spiro atoms. The van der Waals surface area contributed by atoms with Crippen molar-refractivity contribution < 1.29 is 4.79 Å². The quantitative estimate of drug-likeness (QED) is 0.596. The SMILES string of the molecule is CCCCNC(=O)c1cc(S)ccc1C. The molecule has 1 rings (SSSR count). The molecule has 0 fully saturated rings. The minimum absolute atomic E-state index is 0.00292. The van der Waals surface area contributed by atoms with Crippen molar-refractivity contribution in [2.75, 3.05) is 6.54 Å². The summed E-state index contributed by atoms with van der Waals surface area (Å²) in [5, 5.41) is 2.90. The zero-order chi connectivity index (χ0) is 11.3. The smallest absolute Gasteiger partial charge is 0.251 e. The van der Waals surface area contributed by atoms with Crippen molar-refractivity contribution in [2.24, 2.45) is 0 Å². The minimum atomic E-state index is -0.00292. The highest BCUT2D eigenvalue weighted by Crippen LogP contribution is 2.13. The minimum Gasteiger partial charge on any atom is -0.352 e. The summed E-state index contributed by atoms with van der Waals surface area (Å²) in [7, 11) is 0. The van der Waals surface area contributed by atoms with Crippen molar-refractivity contribution >= 4 is 18.5 Å². The third-order valence-corrected chi connectivity index (χ3v) is 2.56. The van der Waals surface area contributed by atoms with Gasteiger partial charge in [-0.3, -0.25) is 4.79 Å². The number of aryl methyl sites for hydroxylation is 1. The van der Waals surface area contributed by atoms with Gasteiger partial charge in [0.1, 0.15) is 0 Å². The largest absolute Gasteiger partial charge is 0.352 e. The zero-order valence-corrected chi connectivity index (χ0v) is 10.1. The summed E-state index contributed by atoms with van der Waals surface area (Å²) in [5.74, 6) is -0.00292. The molecule has 2 nitrogen and oxygen atoms in total. The maximum Gasteiger partial charge on any atom is 0.251 e.